The highest BCUT2D eigenvalue weighted by Crippen LogP contribution is 2.31. The number of rotatable bonds is 4. The molecule has 1 aliphatic heterocycles. The first kappa shape index (κ1) is 18.2. The number of anilines is 1. The Morgan fingerprint density at radius 3 is 2.77 bits per heavy atom. The van der Waals surface area contributed by atoms with Gasteiger partial charge in [0.1, 0.15) is 5.76 Å². The third kappa shape index (κ3) is 3.49. The summed E-state index contributed by atoms with van der Waals surface area (Å²) in [4.78, 5) is 27.0. The van der Waals surface area contributed by atoms with Crippen molar-refractivity contribution in [1.29, 1.82) is 0 Å². The van der Waals surface area contributed by atoms with Gasteiger partial charge in [-0.3, -0.25) is 9.59 Å². The Hall–Kier alpha value is -2.63. The molecule has 0 aliphatic carbocycles. The molecule has 0 bridgehead atoms. The summed E-state index contributed by atoms with van der Waals surface area (Å²) in [5.41, 5.74) is 3.43. The van der Waals surface area contributed by atoms with Gasteiger partial charge in [0.2, 0.25) is 0 Å². The van der Waals surface area contributed by atoms with Gasteiger partial charge in [-0.2, -0.15) is 0 Å². The summed E-state index contributed by atoms with van der Waals surface area (Å²) >= 11 is 0. The highest BCUT2D eigenvalue weighted by molar-refractivity contribution is 5.99. The summed E-state index contributed by atoms with van der Waals surface area (Å²) in [6, 6.07) is 7.95. The predicted octanol–water partition coefficient (Wildman–Crippen LogP) is 3.13. The fourth-order valence-corrected chi connectivity index (χ4v) is 3.41. The Labute approximate surface area is 153 Å². The van der Waals surface area contributed by atoms with Crippen molar-refractivity contribution in [3.8, 4) is 0 Å². The molecule has 1 aliphatic rings. The first-order valence-electron chi connectivity index (χ1n) is 8.90. The SMILES string of the molecule is Cc1noc(C)c1CC(=O)O[C@H](C)C(=O)N1c2ccccc2CC[C@@H]1C. The lowest BCUT2D eigenvalue weighted by Crippen LogP contribution is -2.47. The molecule has 0 N–H and O–H groups in total. The van der Waals surface area contributed by atoms with E-state index in [2.05, 4.69) is 5.16 Å². The number of carbonyl (C=O) groups is 2. The van der Waals surface area contributed by atoms with Crippen molar-refractivity contribution >= 4 is 17.6 Å². The van der Waals surface area contributed by atoms with Crippen molar-refractivity contribution in [3.05, 3.63) is 46.8 Å². The predicted molar refractivity (Wildman–Crippen MR) is 96.9 cm³/mol. The second-order valence-corrected chi connectivity index (χ2v) is 6.84. The molecule has 138 valence electrons. The fraction of sp³-hybridized carbons (Fsp3) is 0.450. The monoisotopic (exact) mass is 356 g/mol. The minimum Gasteiger partial charge on any atom is -0.452 e. The van der Waals surface area contributed by atoms with Crippen LogP contribution in [0.25, 0.3) is 0 Å². The summed E-state index contributed by atoms with van der Waals surface area (Å²) < 4.78 is 10.5. The van der Waals surface area contributed by atoms with Crippen molar-refractivity contribution in [2.75, 3.05) is 4.90 Å². The zero-order valence-corrected chi connectivity index (χ0v) is 15.6. The van der Waals surface area contributed by atoms with Gasteiger partial charge in [-0.15, -0.1) is 0 Å². The molecule has 0 saturated heterocycles. The summed E-state index contributed by atoms with van der Waals surface area (Å²) in [7, 11) is 0. The molecule has 1 amide bonds. The second-order valence-electron chi connectivity index (χ2n) is 6.84. The molecule has 1 aromatic heterocycles. The molecule has 6 heteroatoms. The van der Waals surface area contributed by atoms with Gasteiger partial charge < -0.3 is 14.2 Å². The maximum Gasteiger partial charge on any atom is 0.311 e. The second kappa shape index (κ2) is 7.32. The molecule has 2 aromatic rings. The molecule has 0 radical (unpaired) electrons. The molecule has 6 nitrogen and oxygen atoms in total. The smallest absolute Gasteiger partial charge is 0.311 e. The van der Waals surface area contributed by atoms with Crippen LogP contribution >= 0.6 is 0 Å². The first-order chi connectivity index (χ1) is 12.4. The molecular weight excluding hydrogens is 332 g/mol. The maximum atomic E-state index is 13.0. The number of ether oxygens (including phenoxy) is 1. The van der Waals surface area contributed by atoms with Gasteiger partial charge in [-0.05, 0) is 52.2 Å². The van der Waals surface area contributed by atoms with Crippen LogP contribution in [0.1, 0.15) is 42.8 Å². The van der Waals surface area contributed by atoms with E-state index in [0.717, 1.165) is 24.1 Å². The lowest BCUT2D eigenvalue weighted by molar-refractivity contribution is -0.153. The van der Waals surface area contributed by atoms with Gasteiger partial charge in [0, 0.05) is 17.3 Å². The van der Waals surface area contributed by atoms with Crippen molar-refractivity contribution < 1.29 is 18.8 Å². The molecule has 2 heterocycles. The van der Waals surface area contributed by atoms with Gasteiger partial charge in [-0.25, -0.2) is 0 Å². The first-order valence-corrected chi connectivity index (χ1v) is 8.90. The van der Waals surface area contributed by atoms with Gasteiger partial charge >= 0.3 is 5.97 Å². The Balaban J connectivity index is 1.71. The third-order valence-corrected chi connectivity index (χ3v) is 4.92. The summed E-state index contributed by atoms with van der Waals surface area (Å²) in [6.07, 6.45) is 1.03. The van der Waals surface area contributed by atoms with Crippen molar-refractivity contribution in [3.63, 3.8) is 0 Å². The number of esters is 1. The highest BCUT2D eigenvalue weighted by Gasteiger charge is 2.32. The van der Waals surface area contributed by atoms with Crippen LogP contribution in [-0.4, -0.2) is 29.2 Å². The minimum atomic E-state index is -0.850. The summed E-state index contributed by atoms with van der Waals surface area (Å²) in [5, 5.41) is 3.83. The van der Waals surface area contributed by atoms with Crippen LogP contribution < -0.4 is 4.90 Å². The average Bonchev–Trinajstić information content (AvgIpc) is 2.93. The molecule has 0 fully saturated rings. The Morgan fingerprint density at radius 2 is 2.08 bits per heavy atom. The standard InChI is InChI=1S/C20H24N2O4/c1-12-9-10-16-7-5-6-8-18(16)22(12)20(24)15(4)25-19(23)11-17-13(2)21-26-14(17)3/h5-8,12,15H,9-11H2,1-4H3/t12-,15+/m0/s1. The van der Waals surface area contributed by atoms with Crippen LogP contribution in [0.2, 0.25) is 0 Å². The molecule has 2 atom stereocenters. The molecule has 1 aromatic carbocycles. The largest absolute Gasteiger partial charge is 0.452 e. The number of carbonyl (C=O) groups excluding carboxylic acids is 2. The lowest BCUT2D eigenvalue weighted by atomic mass is 9.96. The zero-order valence-electron chi connectivity index (χ0n) is 15.6. The summed E-state index contributed by atoms with van der Waals surface area (Å²) in [5.74, 6) is -0.0630. The average molecular weight is 356 g/mol. The zero-order chi connectivity index (χ0) is 18.8. The van der Waals surface area contributed by atoms with E-state index in [1.54, 1.807) is 25.7 Å². The number of amides is 1. The topological polar surface area (TPSA) is 72.6 Å². The quantitative estimate of drug-likeness (QED) is 0.787. The molecule has 0 saturated carbocycles. The number of aromatic nitrogens is 1. The number of hydrogen-bond donors (Lipinski definition) is 0. The van der Waals surface area contributed by atoms with Crippen LogP contribution in [0.5, 0.6) is 0 Å². The van der Waals surface area contributed by atoms with E-state index >= 15 is 0 Å². The number of benzene rings is 1. The van der Waals surface area contributed by atoms with Crippen LogP contribution in [0.4, 0.5) is 5.69 Å². The number of hydrogen-bond acceptors (Lipinski definition) is 5. The molecular formula is C20H24N2O4. The molecule has 0 unspecified atom stereocenters. The Kier molecular flexibility index (Phi) is 5.11. The Morgan fingerprint density at radius 1 is 1.35 bits per heavy atom. The van der Waals surface area contributed by atoms with Gasteiger partial charge in [0.25, 0.3) is 5.91 Å². The van der Waals surface area contributed by atoms with Gasteiger partial charge in [0.05, 0.1) is 12.1 Å². The molecule has 0 spiro atoms. The van der Waals surface area contributed by atoms with E-state index in [1.165, 1.54) is 0 Å². The number of para-hydroxylation sites is 1. The van der Waals surface area contributed by atoms with E-state index in [9.17, 15) is 9.59 Å². The van der Waals surface area contributed by atoms with Crippen LogP contribution in [0.15, 0.2) is 28.8 Å². The van der Waals surface area contributed by atoms with E-state index in [-0.39, 0.29) is 18.4 Å². The van der Waals surface area contributed by atoms with E-state index in [0.29, 0.717) is 17.0 Å². The van der Waals surface area contributed by atoms with E-state index in [1.807, 2.05) is 31.2 Å². The van der Waals surface area contributed by atoms with Crippen molar-refractivity contribution in [2.45, 2.75) is 59.1 Å². The number of fused-ring (bicyclic) bond motifs is 1. The van der Waals surface area contributed by atoms with Crippen LogP contribution in [0.3, 0.4) is 0 Å². The van der Waals surface area contributed by atoms with Gasteiger partial charge in [0.15, 0.2) is 6.10 Å². The molecule has 26 heavy (non-hydrogen) atoms. The van der Waals surface area contributed by atoms with E-state index < -0.39 is 12.1 Å². The fourth-order valence-electron chi connectivity index (χ4n) is 3.41. The minimum absolute atomic E-state index is 0.0466. The molecule has 3 rings (SSSR count). The van der Waals surface area contributed by atoms with Crippen molar-refractivity contribution in [1.82, 2.24) is 5.16 Å². The number of aryl methyl sites for hydroxylation is 3. The maximum absolute atomic E-state index is 13.0. The lowest BCUT2D eigenvalue weighted by Gasteiger charge is -2.36. The number of nitrogens with zero attached hydrogens (tertiary/aromatic N) is 2. The summed E-state index contributed by atoms with van der Waals surface area (Å²) in [6.45, 7) is 7.17. The Bertz CT molecular complexity index is 807. The third-order valence-electron chi connectivity index (χ3n) is 4.92. The van der Waals surface area contributed by atoms with Crippen LogP contribution in [0, 0.1) is 13.8 Å². The normalized spacial score (nSPS) is 17.5. The van der Waals surface area contributed by atoms with Crippen LogP contribution in [-0.2, 0) is 27.2 Å². The van der Waals surface area contributed by atoms with Crippen molar-refractivity contribution in [2.24, 2.45) is 0 Å². The van der Waals surface area contributed by atoms with E-state index in [4.69, 9.17) is 9.26 Å². The highest BCUT2D eigenvalue weighted by atomic mass is 16.5. The van der Waals surface area contributed by atoms with Gasteiger partial charge in [-0.1, -0.05) is 23.4 Å².